The molecule has 1 aliphatic rings. The van der Waals surface area contributed by atoms with Crippen LogP contribution in [0.5, 0.6) is 0 Å². The summed E-state index contributed by atoms with van der Waals surface area (Å²) < 4.78 is 28.4. The zero-order valence-corrected chi connectivity index (χ0v) is 11.6. The fraction of sp³-hybridized carbons (Fsp3) is 0.583. The highest BCUT2D eigenvalue weighted by Gasteiger charge is 2.21. The van der Waals surface area contributed by atoms with Gasteiger partial charge in [-0.15, -0.1) is 0 Å². The summed E-state index contributed by atoms with van der Waals surface area (Å²) in [5, 5.41) is 8.95. The summed E-state index contributed by atoms with van der Waals surface area (Å²) in [5.41, 5.74) is 0.164. The van der Waals surface area contributed by atoms with Crippen molar-refractivity contribution in [1.29, 1.82) is 0 Å². The molecule has 1 aromatic heterocycles. The Labute approximate surface area is 111 Å². The number of rotatable bonds is 3. The highest BCUT2D eigenvalue weighted by molar-refractivity contribution is 7.91. The van der Waals surface area contributed by atoms with Gasteiger partial charge in [-0.1, -0.05) is 0 Å². The minimum atomic E-state index is -2.93. The maximum atomic E-state index is 11.5. The van der Waals surface area contributed by atoms with Crippen molar-refractivity contribution in [3.05, 3.63) is 23.2 Å². The summed E-state index contributed by atoms with van der Waals surface area (Å²) in [7, 11) is -2.93. The molecule has 0 bridgehead atoms. The number of nitrogens with zero attached hydrogens (tertiary/aromatic N) is 1. The minimum Gasteiger partial charge on any atom is -0.478 e. The molecule has 0 radical (unpaired) electrons. The van der Waals surface area contributed by atoms with Crippen molar-refractivity contribution in [2.45, 2.75) is 19.9 Å². The summed E-state index contributed by atoms with van der Waals surface area (Å²) in [6.45, 7) is 3.20. The molecule has 1 fully saturated rings. The second-order valence-corrected chi connectivity index (χ2v) is 7.07. The van der Waals surface area contributed by atoms with Crippen molar-refractivity contribution in [3.8, 4) is 0 Å². The predicted octanol–water partition coefficient (Wildman–Crippen LogP) is 0.907. The lowest BCUT2D eigenvalue weighted by atomic mass is 10.2. The first-order valence-corrected chi connectivity index (χ1v) is 7.95. The molecule has 0 spiro atoms. The lowest BCUT2D eigenvalue weighted by molar-refractivity contribution is 0.0695. The number of carboxylic acids is 1. The molecule has 7 heteroatoms. The van der Waals surface area contributed by atoms with Gasteiger partial charge in [0.2, 0.25) is 0 Å². The van der Waals surface area contributed by atoms with Gasteiger partial charge in [0.15, 0.2) is 9.84 Å². The van der Waals surface area contributed by atoms with Crippen molar-refractivity contribution in [1.82, 2.24) is 4.90 Å². The highest BCUT2D eigenvalue weighted by Crippen LogP contribution is 2.17. The Kier molecular flexibility index (Phi) is 3.96. The standard InChI is InChI=1S/C12H17NO5S/c1-9-11(12(14)15)7-10(18-9)8-13-3-2-5-19(16,17)6-4-13/h7H,2-6,8H2,1H3,(H,14,15). The van der Waals surface area contributed by atoms with Gasteiger partial charge < -0.3 is 9.52 Å². The normalized spacial score (nSPS) is 20.1. The van der Waals surface area contributed by atoms with Crippen LogP contribution < -0.4 is 0 Å². The third-order valence-corrected chi connectivity index (χ3v) is 4.94. The average molecular weight is 287 g/mol. The first-order valence-electron chi connectivity index (χ1n) is 6.13. The van der Waals surface area contributed by atoms with E-state index in [1.165, 1.54) is 6.07 Å². The van der Waals surface area contributed by atoms with Crippen LogP contribution in [0.2, 0.25) is 0 Å². The lowest BCUT2D eigenvalue weighted by Crippen LogP contribution is -2.26. The van der Waals surface area contributed by atoms with Gasteiger partial charge in [0.1, 0.15) is 17.1 Å². The van der Waals surface area contributed by atoms with Crippen molar-refractivity contribution >= 4 is 15.8 Å². The molecule has 0 atom stereocenters. The Bertz CT molecular complexity index is 575. The number of carbonyl (C=O) groups is 1. The molecule has 6 nitrogen and oxygen atoms in total. The van der Waals surface area contributed by atoms with E-state index in [1.807, 2.05) is 4.90 Å². The fourth-order valence-corrected chi connectivity index (χ4v) is 3.51. The van der Waals surface area contributed by atoms with E-state index in [0.717, 1.165) is 0 Å². The van der Waals surface area contributed by atoms with Gasteiger partial charge >= 0.3 is 5.97 Å². The Balaban J connectivity index is 2.05. The zero-order valence-electron chi connectivity index (χ0n) is 10.8. The lowest BCUT2D eigenvalue weighted by Gasteiger charge is -2.17. The Morgan fingerprint density at radius 1 is 1.42 bits per heavy atom. The summed E-state index contributed by atoms with van der Waals surface area (Å²) in [6.07, 6.45) is 0.605. The van der Waals surface area contributed by atoms with E-state index in [4.69, 9.17) is 9.52 Å². The monoisotopic (exact) mass is 287 g/mol. The van der Waals surface area contributed by atoms with Crippen LogP contribution in [-0.4, -0.2) is 49.0 Å². The quantitative estimate of drug-likeness (QED) is 0.889. The molecule has 2 rings (SSSR count). The van der Waals surface area contributed by atoms with Crippen LogP contribution in [0.1, 0.15) is 28.3 Å². The van der Waals surface area contributed by atoms with E-state index in [9.17, 15) is 13.2 Å². The van der Waals surface area contributed by atoms with Crippen LogP contribution in [0, 0.1) is 6.92 Å². The first-order chi connectivity index (χ1) is 8.87. The van der Waals surface area contributed by atoms with Gasteiger partial charge in [-0.2, -0.15) is 0 Å². The second kappa shape index (κ2) is 5.34. The third kappa shape index (κ3) is 3.57. The van der Waals surface area contributed by atoms with Gasteiger partial charge in [-0.05, 0) is 26.0 Å². The summed E-state index contributed by atoms with van der Waals surface area (Å²) in [4.78, 5) is 12.9. The minimum absolute atomic E-state index is 0.151. The predicted molar refractivity (Wildman–Crippen MR) is 69.0 cm³/mol. The molecular formula is C12H17NO5S. The number of carboxylic acid groups (broad SMARTS) is 1. The number of hydrogen-bond donors (Lipinski definition) is 1. The number of aromatic carboxylic acids is 1. The molecule has 106 valence electrons. The van der Waals surface area contributed by atoms with Gasteiger partial charge in [-0.3, -0.25) is 4.90 Å². The Morgan fingerprint density at radius 2 is 2.16 bits per heavy atom. The average Bonchev–Trinajstić information content (AvgIpc) is 2.57. The van der Waals surface area contributed by atoms with Gasteiger partial charge in [-0.25, -0.2) is 13.2 Å². The summed E-state index contributed by atoms with van der Waals surface area (Å²) in [5.74, 6) is 0.310. The van der Waals surface area contributed by atoms with Gasteiger partial charge in [0.05, 0.1) is 18.1 Å². The molecule has 0 aliphatic carbocycles. The van der Waals surface area contributed by atoms with E-state index >= 15 is 0 Å². The molecule has 1 saturated heterocycles. The van der Waals surface area contributed by atoms with Crippen molar-refractivity contribution in [2.24, 2.45) is 0 Å². The molecule has 2 heterocycles. The summed E-state index contributed by atoms with van der Waals surface area (Å²) >= 11 is 0. The maximum Gasteiger partial charge on any atom is 0.339 e. The molecule has 1 aliphatic heterocycles. The van der Waals surface area contributed by atoms with Crippen molar-refractivity contribution < 1.29 is 22.7 Å². The molecular weight excluding hydrogens is 270 g/mol. The van der Waals surface area contributed by atoms with E-state index in [0.29, 0.717) is 37.6 Å². The SMILES string of the molecule is Cc1oc(CN2CCCS(=O)(=O)CC2)cc1C(=O)O. The molecule has 0 amide bonds. The summed E-state index contributed by atoms with van der Waals surface area (Å²) in [6, 6.07) is 1.51. The molecule has 0 unspecified atom stereocenters. The largest absolute Gasteiger partial charge is 0.478 e. The molecule has 1 N–H and O–H groups in total. The Morgan fingerprint density at radius 3 is 2.79 bits per heavy atom. The van der Waals surface area contributed by atoms with Crippen molar-refractivity contribution in [3.63, 3.8) is 0 Å². The Hall–Kier alpha value is -1.34. The fourth-order valence-electron chi connectivity index (χ4n) is 2.20. The van der Waals surface area contributed by atoms with Crippen LogP contribution >= 0.6 is 0 Å². The van der Waals surface area contributed by atoms with E-state index in [2.05, 4.69) is 0 Å². The third-order valence-electron chi connectivity index (χ3n) is 3.23. The van der Waals surface area contributed by atoms with Crippen molar-refractivity contribution in [2.75, 3.05) is 24.6 Å². The second-order valence-electron chi connectivity index (χ2n) is 4.77. The van der Waals surface area contributed by atoms with Gasteiger partial charge in [0.25, 0.3) is 0 Å². The molecule has 0 saturated carbocycles. The highest BCUT2D eigenvalue weighted by atomic mass is 32.2. The number of hydrogen-bond acceptors (Lipinski definition) is 5. The number of aryl methyl sites for hydroxylation is 1. The number of sulfone groups is 1. The molecule has 19 heavy (non-hydrogen) atoms. The van der Waals surface area contributed by atoms with E-state index < -0.39 is 15.8 Å². The first kappa shape index (κ1) is 14.1. The van der Waals surface area contributed by atoms with E-state index in [1.54, 1.807) is 6.92 Å². The van der Waals surface area contributed by atoms with Crippen LogP contribution in [-0.2, 0) is 16.4 Å². The van der Waals surface area contributed by atoms with Crippen LogP contribution in [0.15, 0.2) is 10.5 Å². The van der Waals surface area contributed by atoms with Crippen LogP contribution in [0.3, 0.4) is 0 Å². The van der Waals surface area contributed by atoms with Crippen LogP contribution in [0.4, 0.5) is 0 Å². The molecule has 1 aromatic rings. The zero-order chi connectivity index (χ0) is 14.0. The number of furan rings is 1. The van der Waals surface area contributed by atoms with E-state index in [-0.39, 0.29) is 17.1 Å². The molecule has 0 aromatic carbocycles. The smallest absolute Gasteiger partial charge is 0.339 e. The topological polar surface area (TPSA) is 87.8 Å². The maximum absolute atomic E-state index is 11.5. The van der Waals surface area contributed by atoms with Gasteiger partial charge in [0, 0.05) is 6.54 Å². The van der Waals surface area contributed by atoms with Crippen LogP contribution in [0.25, 0.3) is 0 Å².